The smallest absolute Gasteiger partial charge is 0.276 e. The van der Waals surface area contributed by atoms with Crippen LogP contribution in [0.1, 0.15) is 65.2 Å². The van der Waals surface area contributed by atoms with Crippen molar-refractivity contribution in [2.24, 2.45) is 0 Å². The molecule has 0 aromatic carbocycles. The standard InChI is InChI=1S/C18H20N6O2/c1-11-7-15(24-18(21-11)19-10-20-24)13-3-2-6-23(9-13)17(25)14-8-16(26-22-14)12-4-5-12/h7-8,10,12-13H,2-6,9H2,1H3. The topological polar surface area (TPSA) is 89.4 Å². The predicted octanol–water partition coefficient (Wildman–Crippen LogP) is 2.32. The molecule has 0 N–H and O–H groups in total. The highest BCUT2D eigenvalue weighted by molar-refractivity contribution is 5.92. The van der Waals surface area contributed by atoms with E-state index in [1.54, 1.807) is 4.52 Å². The summed E-state index contributed by atoms with van der Waals surface area (Å²) in [6, 6.07) is 3.86. The van der Waals surface area contributed by atoms with Gasteiger partial charge in [0.05, 0.1) is 5.69 Å². The molecule has 26 heavy (non-hydrogen) atoms. The van der Waals surface area contributed by atoms with Gasteiger partial charge in [-0.05, 0) is 38.7 Å². The Morgan fingerprint density at radius 1 is 1.23 bits per heavy atom. The van der Waals surface area contributed by atoms with Gasteiger partial charge in [0.15, 0.2) is 5.69 Å². The first-order chi connectivity index (χ1) is 12.7. The van der Waals surface area contributed by atoms with Crippen molar-refractivity contribution in [2.45, 2.75) is 44.4 Å². The van der Waals surface area contributed by atoms with Crippen LogP contribution in [0.3, 0.4) is 0 Å². The van der Waals surface area contributed by atoms with Crippen molar-refractivity contribution in [1.29, 1.82) is 0 Å². The Labute approximate surface area is 150 Å². The second-order valence-corrected chi connectivity index (χ2v) is 7.27. The summed E-state index contributed by atoms with van der Waals surface area (Å²) in [5, 5.41) is 8.31. The first kappa shape index (κ1) is 15.5. The van der Waals surface area contributed by atoms with Crippen molar-refractivity contribution >= 4 is 11.7 Å². The molecule has 1 saturated heterocycles. The zero-order chi connectivity index (χ0) is 17.7. The van der Waals surface area contributed by atoms with Crippen LogP contribution in [0.5, 0.6) is 0 Å². The highest BCUT2D eigenvalue weighted by atomic mass is 16.5. The van der Waals surface area contributed by atoms with Crippen LogP contribution in [-0.2, 0) is 0 Å². The molecule has 1 aliphatic carbocycles. The molecule has 0 bridgehead atoms. The van der Waals surface area contributed by atoms with E-state index in [4.69, 9.17) is 4.52 Å². The van der Waals surface area contributed by atoms with Crippen molar-refractivity contribution < 1.29 is 9.32 Å². The second kappa shape index (κ2) is 5.89. The Bertz CT molecular complexity index is 973. The minimum absolute atomic E-state index is 0.0500. The molecule has 1 atom stereocenters. The minimum atomic E-state index is -0.0500. The van der Waals surface area contributed by atoms with Gasteiger partial charge in [0, 0.05) is 36.7 Å². The first-order valence-corrected chi connectivity index (χ1v) is 9.12. The Morgan fingerprint density at radius 3 is 2.96 bits per heavy atom. The fourth-order valence-electron chi connectivity index (χ4n) is 3.77. The van der Waals surface area contributed by atoms with Gasteiger partial charge in [-0.2, -0.15) is 10.1 Å². The number of carbonyl (C=O) groups is 1. The normalized spacial score (nSPS) is 20.7. The minimum Gasteiger partial charge on any atom is -0.360 e. The number of piperidine rings is 1. The summed E-state index contributed by atoms with van der Waals surface area (Å²) in [5.74, 6) is 2.06. The van der Waals surface area contributed by atoms with E-state index in [1.165, 1.54) is 6.33 Å². The monoisotopic (exact) mass is 352 g/mol. The molecule has 2 aliphatic rings. The van der Waals surface area contributed by atoms with E-state index in [0.717, 1.165) is 49.4 Å². The maximum atomic E-state index is 12.9. The van der Waals surface area contributed by atoms with Crippen LogP contribution in [-0.4, -0.2) is 48.6 Å². The fourth-order valence-corrected chi connectivity index (χ4v) is 3.77. The molecule has 3 aromatic rings. The molecule has 4 heterocycles. The van der Waals surface area contributed by atoms with Gasteiger partial charge in [-0.1, -0.05) is 5.16 Å². The van der Waals surface area contributed by atoms with E-state index in [1.807, 2.05) is 24.0 Å². The molecule has 0 radical (unpaired) electrons. The van der Waals surface area contributed by atoms with Crippen LogP contribution in [0.2, 0.25) is 0 Å². The second-order valence-electron chi connectivity index (χ2n) is 7.27. The third-order valence-corrected chi connectivity index (χ3v) is 5.26. The van der Waals surface area contributed by atoms with Gasteiger partial charge in [-0.25, -0.2) is 9.50 Å². The summed E-state index contributed by atoms with van der Waals surface area (Å²) in [6.45, 7) is 3.34. The molecule has 3 aromatic heterocycles. The molecule has 1 saturated carbocycles. The number of hydrogen-bond donors (Lipinski definition) is 0. The lowest BCUT2D eigenvalue weighted by Crippen LogP contribution is -2.39. The van der Waals surface area contributed by atoms with Crippen LogP contribution in [0.25, 0.3) is 5.78 Å². The fraction of sp³-hybridized carbons (Fsp3) is 0.500. The lowest BCUT2D eigenvalue weighted by atomic mass is 9.94. The van der Waals surface area contributed by atoms with Gasteiger partial charge in [0.1, 0.15) is 12.1 Å². The summed E-state index contributed by atoms with van der Waals surface area (Å²) >= 11 is 0. The highest BCUT2D eigenvalue weighted by Gasteiger charge is 2.32. The van der Waals surface area contributed by atoms with Crippen molar-refractivity contribution in [3.8, 4) is 0 Å². The van der Waals surface area contributed by atoms with Crippen LogP contribution in [0.15, 0.2) is 23.0 Å². The predicted molar refractivity (Wildman–Crippen MR) is 91.9 cm³/mol. The first-order valence-electron chi connectivity index (χ1n) is 9.12. The van der Waals surface area contributed by atoms with Gasteiger partial charge in [-0.15, -0.1) is 0 Å². The lowest BCUT2D eigenvalue weighted by Gasteiger charge is -2.32. The molecule has 1 aliphatic heterocycles. The number of aromatic nitrogens is 5. The van der Waals surface area contributed by atoms with Gasteiger partial charge in [0.25, 0.3) is 11.7 Å². The lowest BCUT2D eigenvalue weighted by molar-refractivity contribution is 0.0694. The van der Waals surface area contributed by atoms with Gasteiger partial charge in [-0.3, -0.25) is 4.79 Å². The van der Waals surface area contributed by atoms with E-state index in [9.17, 15) is 4.79 Å². The Hall–Kier alpha value is -2.77. The Balaban J connectivity index is 1.40. The maximum absolute atomic E-state index is 12.9. The van der Waals surface area contributed by atoms with Crippen LogP contribution < -0.4 is 0 Å². The van der Waals surface area contributed by atoms with E-state index >= 15 is 0 Å². The third kappa shape index (κ3) is 2.65. The number of fused-ring (bicyclic) bond motifs is 1. The molecule has 1 unspecified atom stereocenters. The van der Waals surface area contributed by atoms with Crippen molar-refractivity contribution in [1.82, 2.24) is 29.6 Å². The number of nitrogens with zero attached hydrogens (tertiary/aromatic N) is 6. The van der Waals surface area contributed by atoms with Crippen LogP contribution >= 0.6 is 0 Å². The maximum Gasteiger partial charge on any atom is 0.276 e. The van der Waals surface area contributed by atoms with Crippen molar-refractivity contribution in [3.05, 3.63) is 41.3 Å². The average molecular weight is 352 g/mol. The molecule has 0 spiro atoms. The number of amides is 1. The number of hydrogen-bond acceptors (Lipinski definition) is 6. The molecular formula is C18H20N6O2. The Kier molecular flexibility index (Phi) is 3.51. The van der Waals surface area contributed by atoms with Crippen LogP contribution in [0, 0.1) is 6.92 Å². The van der Waals surface area contributed by atoms with E-state index in [-0.39, 0.29) is 11.8 Å². The zero-order valence-electron chi connectivity index (χ0n) is 14.6. The summed E-state index contributed by atoms with van der Waals surface area (Å²) in [7, 11) is 0. The number of rotatable bonds is 3. The molecule has 2 fully saturated rings. The molecule has 134 valence electrons. The van der Waals surface area contributed by atoms with E-state index in [2.05, 4.69) is 20.2 Å². The molecule has 1 amide bonds. The summed E-state index contributed by atoms with van der Waals surface area (Å²) in [6.07, 6.45) is 5.73. The molecule has 8 heteroatoms. The van der Waals surface area contributed by atoms with Crippen LogP contribution in [0.4, 0.5) is 0 Å². The Morgan fingerprint density at radius 2 is 2.12 bits per heavy atom. The SMILES string of the molecule is Cc1cc(C2CCCN(C(=O)c3cc(C4CC4)on3)C2)n2ncnc2n1. The molecule has 8 nitrogen and oxygen atoms in total. The van der Waals surface area contributed by atoms with Gasteiger partial charge in [0.2, 0.25) is 0 Å². The third-order valence-electron chi connectivity index (χ3n) is 5.26. The van der Waals surface area contributed by atoms with Crippen molar-refractivity contribution in [3.63, 3.8) is 0 Å². The average Bonchev–Trinajstić information content (AvgIpc) is 3.19. The molecule has 5 rings (SSSR count). The largest absolute Gasteiger partial charge is 0.360 e. The van der Waals surface area contributed by atoms with E-state index < -0.39 is 0 Å². The quantitative estimate of drug-likeness (QED) is 0.719. The number of carbonyl (C=O) groups excluding carboxylic acids is 1. The zero-order valence-corrected chi connectivity index (χ0v) is 14.6. The number of aryl methyl sites for hydroxylation is 1. The van der Waals surface area contributed by atoms with E-state index in [0.29, 0.717) is 23.9 Å². The van der Waals surface area contributed by atoms with Gasteiger partial charge < -0.3 is 9.42 Å². The van der Waals surface area contributed by atoms with Gasteiger partial charge >= 0.3 is 0 Å². The summed E-state index contributed by atoms with van der Waals surface area (Å²) in [5.41, 5.74) is 2.39. The van der Waals surface area contributed by atoms with Crippen molar-refractivity contribution in [2.75, 3.05) is 13.1 Å². The molecular weight excluding hydrogens is 332 g/mol. The number of likely N-dealkylation sites (tertiary alicyclic amines) is 1. The summed E-state index contributed by atoms with van der Waals surface area (Å²) in [4.78, 5) is 23.4. The highest BCUT2D eigenvalue weighted by Crippen LogP contribution is 2.40. The summed E-state index contributed by atoms with van der Waals surface area (Å²) < 4.78 is 7.13.